The number of aryl methyl sites for hydroxylation is 2. The van der Waals surface area contributed by atoms with Gasteiger partial charge in [-0.05, 0) is 55.5 Å². The summed E-state index contributed by atoms with van der Waals surface area (Å²) in [5.74, 6) is 0. The molecule has 1 aromatic carbocycles. The Morgan fingerprint density at radius 2 is 1.86 bits per heavy atom. The van der Waals surface area contributed by atoms with Gasteiger partial charge in [0.25, 0.3) is 0 Å². The molecular weight excluding hydrogens is 280 g/mol. The molecule has 1 fully saturated rings. The lowest BCUT2D eigenvalue weighted by molar-refractivity contribution is 0.193. The molecule has 3 heteroatoms. The van der Waals surface area contributed by atoms with Crippen LogP contribution >= 0.6 is 11.6 Å². The molecule has 2 N–H and O–H groups in total. The van der Waals surface area contributed by atoms with Crippen LogP contribution in [0.3, 0.4) is 0 Å². The molecule has 2 nitrogen and oxygen atoms in total. The van der Waals surface area contributed by atoms with Crippen molar-refractivity contribution in [1.82, 2.24) is 4.98 Å². The molecule has 110 valence electrons. The summed E-state index contributed by atoms with van der Waals surface area (Å²) in [6, 6.07) is 10.3. The Balaban J connectivity index is 2.05. The van der Waals surface area contributed by atoms with Crippen molar-refractivity contribution in [3.05, 3.63) is 63.9 Å². The highest BCUT2D eigenvalue weighted by molar-refractivity contribution is 6.32. The Kier molecular flexibility index (Phi) is 3.76. The van der Waals surface area contributed by atoms with Crippen molar-refractivity contribution in [2.24, 2.45) is 5.73 Å². The van der Waals surface area contributed by atoms with E-state index in [-0.39, 0.29) is 11.5 Å². The smallest absolute Gasteiger partial charge is 0.0580 e. The Bertz CT molecular complexity index is 625. The molecule has 0 aliphatic heterocycles. The van der Waals surface area contributed by atoms with E-state index in [0.717, 1.165) is 34.7 Å². The Morgan fingerprint density at radius 3 is 2.33 bits per heavy atom. The topological polar surface area (TPSA) is 38.9 Å². The molecule has 1 aromatic heterocycles. The van der Waals surface area contributed by atoms with E-state index in [9.17, 15) is 0 Å². The largest absolute Gasteiger partial charge is 0.322 e. The quantitative estimate of drug-likeness (QED) is 0.908. The molecule has 1 aliphatic rings. The van der Waals surface area contributed by atoms with Crippen LogP contribution in [-0.2, 0) is 5.41 Å². The highest BCUT2D eigenvalue weighted by Crippen LogP contribution is 2.51. The molecule has 2 aromatic rings. The fraction of sp³-hybridized carbons (Fsp3) is 0.389. The van der Waals surface area contributed by atoms with Gasteiger partial charge in [0.15, 0.2) is 0 Å². The van der Waals surface area contributed by atoms with Crippen LogP contribution in [0.5, 0.6) is 0 Å². The minimum Gasteiger partial charge on any atom is -0.322 e. The molecule has 1 aliphatic carbocycles. The standard InChI is InChI=1S/C18H21ClN2/c1-12-10-14(11-13(2)16(12)19)18(7-5-8-18)17(20)15-6-3-4-9-21-15/h3-4,6,9-11,17H,5,7-8,20H2,1-2H3. The van der Waals surface area contributed by atoms with Crippen LogP contribution < -0.4 is 5.73 Å². The maximum absolute atomic E-state index is 6.61. The van der Waals surface area contributed by atoms with E-state index in [4.69, 9.17) is 17.3 Å². The molecule has 0 radical (unpaired) electrons. The lowest BCUT2D eigenvalue weighted by Crippen LogP contribution is -2.45. The summed E-state index contributed by atoms with van der Waals surface area (Å²) in [5.41, 5.74) is 11.2. The van der Waals surface area contributed by atoms with Crippen molar-refractivity contribution in [3.8, 4) is 0 Å². The van der Waals surface area contributed by atoms with E-state index in [1.165, 1.54) is 12.0 Å². The van der Waals surface area contributed by atoms with E-state index in [1.807, 2.05) is 24.4 Å². The number of nitrogens with zero attached hydrogens (tertiary/aromatic N) is 1. The summed E-state index contributed by atoms with van der Waals surface area (Å²) in [4.78, 5) is 4.46. The number of benzene rings is 1. The van der Waals surface area contributed by atoms with Gasteiger partial charge in [-0.25, -0.2) is 0 Å². The molecule has 1 saturated carbocycles. The van der Waals surface area contributed by atoms with Gasteiger partial charge in [-0.15, -0.1) is 0 Å². The van der Waals surface area contributed by atoms with E-state index in [0.29, 0.717) is 0 Å². The summed E-state index contributed by atoms with van der Waals surface area (Å²) in [7, 11) is 0. The molecular formula is C18H21ClN2. The number of halogens is 1. The van der Waals surface area contributed by atoms with Gasteiger partial charge in [-0.2, -0.15) is 0 Å². The van der Waals surface area contributed by atoms with Gasteiger partial charge in [0.05, 0.1) is 11.7 Å². The fourth-order valence-electron chi connectivity index (χ4n) is 3.41. The van der Waals surface area contributed by atoms with Crippen molar-refractivity contribution >= 4 is 11.6 Å². The molecule has 0 amide bonds. The molecule has 21 heavy (non-hydrogen) atoms. The van der Waals surface area contributed by atoms with Crippen LogP contribution in [-0.4, -0.2) is 4.98 Å². The Hall–Kier alpha value is -1.38. The first-order chi connectivity index (χ1) is 10.0. The molecule has 0 saturated heterocycles. The minimum atomic E-state index is -0.0626. The van der Waals surface area contributed by atoms with Crippen molar-refractivity contribution in [2.75, 3.05) is 0 Å². The lowest BCUT2D eigenvalue weighted by atomic mass is 9.59. The number of rotatable bonds is 3. The normalized spacial score (nSPS) is 18.1. The van der Waals surface area contributed by atoms with Gasteiger partial charge in [-0.3, -0.25) is 4.98 Å². The second-order valence-corrected chi connectivity index (χ2v) is 6.54. The molecule has 0 spiro atoms. The third-order valence-corrected chi connectivity index (χ3v) is 5.46. The zero-order valence-electron chi connectivity index (χ0n) is 12.6. The number of nitrogens with two attached hydrogens (primary N) is 1. The van der Waals surface area contributed by atoms with E-state index < -0.39 is 0 Å². The van der Waals surface area contributed by atoms with Gasteiger partial charge in [0.1, 0.15) is 0 Å². The summed E-state index contributed by atoms with van der Waals surface area (Å²) in [5, 5.41) is 0.861. The third-order valence-electron chi connectivity index (χ3n) is 4.86. The SMILES string of the molecule is Cc1cc(C2(C(N)c3ccccn3)CCC2)cc(C)c1Cl. The first-order valence-electron chi connectivity index (χ1n) is 7.48. The van der Waals surface area contributed by atoms with Crippen LogP contribution in [0.25, 0.3) is 0 Å². The third kappa shape index (κ3) is 2.37. The fourth-order valence-corrected chi connectivity index (χ4v) is 3.52. The first kappa shape index (κ1) is 14.6. The summed E-state index contributed by atoms with van der Waals surface area (Å²) in [6.07, 6.45) is 5.28. The lowest BCUT2D eigenvalue weighted by Gasteiger charge is -2.47. The zero-order valence-corrected chi connectivity index (χ0v) is 13.3. The van der Waals surface area contributed by atoms with Crippen LogP contribution in [0.4, 0.5) is 0 Å². The van der Waals surface area contributed by atoms with Gasteiger partial charge in [0.2, 0.25) is 0 Å². The predicted octanol–water partition coefficient (Wildman–Crippen LogP) is 4.47. The number of hydrogen-bond donors (Lipinski definition) is 1. The number of hydrogen-bond acceptors (Lipinski definition) is 2. The van der Waals surface area contributed by atoms with Gasteiger partial charge < -0.3 is 5.73 Å². The first-order valence-corrected chi connectivity index (χ1v) is 7.86. The zero-order chi connectivity index (χ0) is 15.0. The molecule has 0 bridgehead atoms. The van der Waals surface area contributed by atoms with Crippen LogP contribution in [0, 0.1) is 13.8 Å². The second kappa shape index (κ2) is 5.43. The van der Waals surface area contributed by atoms with E-state index in [2.05, 4.69) is 31.0 Å². The highest BCUT2D eigenvalue weighted by Gasteiger charge is 2.45. The molecule has 3 rings (SSSR count). The molecule has 1 atom stereocenters. The van der Waals surface area contributed by atoms with Crippen LogP contribution in [0.1, 0.15) is 47.7 Å². The summed E-state index contributed by atoms with van der Waals surface area (Å²) < 4.78 is 0. The van der Waals surface area contributed by atoms with E-state index >= 15 is 0 Å². The monoisotopic (exact) mass is 300 g/mol. The average Bonchev–Trinajstić information content (AvgIpc) is 2.44. The van der Waals surface area contributed by atoms with Crippen LogP contribution in [0.2, 0.25) is 5.02 Å². The van der Waals surface area contributed by atoms with Crippen LogP contribution in [0.15, 0.2) is 36.5 Å². The predicted molar refractivity (Wildman–Crippen MR) is 87.6 cm³/mol. The molecule has 1 heterocycles. The Morgan fingerprint density at radius 1 is 1.19 bits per heavy atom. The number of pyridine rings is 1. The van der Waals surface area contributed by atoms with Crippen molar-refractivity contribution in [3.63, 3.8) is 0 Å². The van der Waals surface area contributed by atoms with Crippen molar-refractivity contribution in [2.45, 2.75) is 44.6 Å². The van der Waals surface area contributed by atoms with Crippen molar-refractivity contribution in [1.29, 1.82) is 0 Å². The highest BCUT2D eigenvalue weighted by atomic mass is 35.5. The second-order valence-electron chi connectivity index (χ2n) is 6.17. The number of aromatic nitrogens is 1. The minimum absolute atomic E-state index is 0.00840. The maximum atomic E-state index is 6.61. The molecule has 1 unspecified atom stereocenters. The van der Waals surface area contributed by atoms with Gasteiger partial charge in [0, 0.05) is 16.6 Å². The van der Waals surface area contributed by atoms with Gasteiger partial charge in [-0.1, -0.05) is 36.2 Å². The summed E-state index contributed by atoms with van der Waals surface area (Å²) in [6.45, 7) is 4.13. The maximum Gasteiger partial charge on any atom is 0.0580 e. The Labute approximate surface area is 131 Å². The van der Waals surface area contributed by atoms with E-state index in [1.54, 1.807) is 0 Å². The average molecular weight is 301 g/mol. The van der Waals surface area contributed by atoms with Gasteiger partial charge >= 0.3 is 0 Å². The summed E-state index contributed by atoms with van der Waals surface area (Å²) >= 11 is 6.31. The van der Waals surface area contributed by atoms with Crippen molar-refractivity contribution < 1.29 is 0 Å².